The second kappa shape index (κ2) is 6.06. The summed E-state index contributed by atoms with van der Waals surface area (Å²) in [5.41, 5.74) is 0.130. The van der Waals surface area contributed by atoms with Crippen molar-refractivity contribution >= 4 is 17.2 Å². The number of hydrogen-bond acceptors (Lipinski definition) is 3. The zero-order valence-corrected chi connectivity index (χ0v) is 12.9. The first-order chi connectivity index (χ1) is 9.03. The van der Waals surface area contributed by atoms with Crippen LogP contribution in [0.25, 0.3) is 0 Å². The third-order valence-corrected chi connectivity index (χ3v) is 5.21. The SMILES string of the molecule is CC1CCCC(CNC(=O)c2cccs2)(N(C)C)C1. The Morgan fingerprint density at radius 1 is 1.58 bits per heavy atom. The fraction of sp³-hybridized carbons (Fsp3) is 0.667. The summed E-state index contributed by atoms with van der Waals surface area (Å²) in [6, 6.07) is 3.80. The lowest BCUT2D eigenvalue weighted by atomic mass is 9.75. The highest BCUT2D eigenvalue weighted by atomic mass is 32.1. The van der Waals surface area contributed by atoms with Crippen molar-refractivity contribution in [3.8, 4) is 0 Å². The highest BCUT2D eigenvalue weighted by Crippen LogP contribution is 2.35. The summed E-state index contributed by atoms with van der Waals surface area (Å²) in [6.45, 7) is 3.07. The molecule has 0 radical (unpaired) electrons. The summed E-state index contributed by atoms with van der Waals surface area (Å²) in [4.78, 5) is 15.2. The van der Waals surface area contributed by atoms with E-state index in [1.165, 1.54) is 37.0 Å². The van der Waals surface area contributed by atoms with Crippen molar-refractivity contribution in [2.45, 2.75) is 38.1 Å². The average Bonchev–Trinajstić information content (AvgIpc) is 2.89. The molecular formula is C15H24N2OS. The Hall–Kier alpha value is -0.870. The molecule has 1 aromatic rings. The molecule has 2 atom stereocenters. The van der Waals surface area contributed by atoms with Crippen LogP contribution in [0.1, 0.15) is 42.3 Å². The maximum atomic E-state index is 12.1. The van der Waals surface area contributed by atoms with Gasteiger partial charge in [-0.15, -0.1) is 11.3 Å². The Labute approximate surface area is 120 Å². The Morgan fingerprint density at radius 2 is 2.37 bits per heavy atom. The first-order valence-electron chi connectivity index (χ1n) is 7.03. The molecule has 0 saturated heterocycles. The lowest BCUT2D eigenvalue weighted by molar-refractivity contribution is 0.0677. The van der Waals surface area contributed by atoms with Gasteiger partial charge in [-0.05, 0) is 44.3 Å². The Bertz CT molecular complexity index is 416. The minimum absolute atomic E-state index is 0.0643. The van der Waals surface area contributed by atoms with Crippen LogP contribution in [0.2, 0.25) is 0 Å². The molecule has 1 heterocycles. The van der Waals surface area contributed by atoms with Gasteiger partial charge in [-0.3, -0.25) is 4.79 Å². The molecule has 0 aromatic carbocycles. The Balaban J connectivity index is 1.99. The number of likely N-dealkylation sites (N-methyl/N-ethyl adjacent to an activating group) is 1. The number of nitrogens with one attached hydrogen (secondary N) is 1. The van der Waals surface area contributed by atoms with Gasteiger partial charge in [-0.1, -0.05) is 25.8 Å². The van der Waals surface area contributed by atoms with E-state index >= 15 is 0 Å². The Morgan fingerprint density at radius 3 is 2.95 bits per heavy atom. The van der Waals surface area contributed by atoms with Crippen molar-refractivity contribution in [2.75, 3.05) is 20.6 Å². The third kappa shape index (κ3) is 3.37. The molecule has 106 valence electrons. The van der Waals surface area contributed by atoms with E-state index in [-0.39, 0.29) is 11.4 Å². The highest BCUT2D eigenvalue weighted by Gasteiger charge is 2.37. The molecule has 3 nitrogen and oxygen atoms in total. The largest absolute Gasteiger partial charge is 0.349 e. The molecule has 0 bridgehead atoms. The van der Waals surface area contributed by atoms with Crippen LogP contribution in [0.3, 0.4) is 0 Å². The van der Waals surface area contributed by atoms with Crippen molar-refractivity contribution in [1.29, 1.82) is 0 Å². The normalized spacial score (nSPS) is 27.5. The van der Waals surface area contributed by atoms with Crippen LogP contribution in [0.5, 0.6) is 0 Å². The number of rotatable bonds is 4. The summed E-state index contributed by atoms with van der Waals surface area (Å²) in [5.74, 6) is 0.809. The van der Waals surface area contributed by atoms with E-state index < -0.39 is 0 Å². The molecule has 0 aliphatic heterocycles. The van der Waals surface area contributed by atoms with Crippen LogP contribution in [0, 0.1) is 5.92 Å². The summed E-state index contributed by atoms with van der Waals surface area (Å²) < 4.78 is 0. The first kappa shape index (κ1) is 14.5. The van der Waals surface area contributed by atoms with E-state index in [1.807, 2.05) is 17.5 Å². The van der Waals surface area contributed by atoms with E-state index in [0.717, 1.165) is 17.3 Å². The Kier molecular flexibility index (Phi) is 4.63. The quantitative estimate of drug-likeness (QED) is 0.919. The number of nitrogens with zero attached hydrogens (tertiary/aromatic N) is 1. The number of hydrogen-bond donors (Lipinski definition) is 1. The molecule has 1 fully saturated rings. The molecule has 1 amide bonds. The van der Waals surface area contributed by atoms with Gasteiger partial charge in [0.05, 0.1) is 4.88 Å². The van der Waals surface area contributed by atoms with E-state index in [9.17, 15) is 4.79 Å². The van der Waals surface area contributed by atoms with E-state index in [4.69, 9.17) is 0 Å². The van der Waals surface area contributed by atoms with E-state index in [0.29, 0.717) is 0 Å². The second-order valence-electron chi connectivity index (χ2n) is 5.98. The van der Waals surface area contributed by atoms with Gasteiger partial charge in [0, 0.05) is 12.1 Å². The molecular weight excluding hydrogens is 256 g/mol. The van der Waals surface area contributed by atoms with Crippen molar-refractivity contribution in [1.82, 2.24) is 10.2 Å². The summed E-state index contributed by atoms with van der Waals surface area (Å²) in [6.07, 6.45) is 4.92. The molecule has 0 spiro atoms. The molecule has 4 heteroatoms. The highest BCUT2D eigenvalue weighted by molar-refractivity contribution is 7.12. The maximum absolute atomic E-state index is 12.1. The molecule has 1 aliphatic rings. The smallest absolute Gasteiger partial charge is 0.261 e. The first-order valence-corrected chi connectivity index (χ1v) is 7.91. The predicted molar refractivity (Wildman–Crippen MR) is 80.7 cm³/mol. The minimum Gasteiger partial charge on any atom is -0.349 e. The summed E-state index contributed by atoms with van der Waals surface area (Å²) in [7, 11) is 4.27. The molecule has 19 heavy (non-hydrogen) atoms. The molecule has 1 aliphatic carbocycles. The van der Waals surface area contributed by atoms with Crippen LogP contribution in [-0.4, -0.2) is 37.0 Å². The molecule has 2 rings (SSSR count). The lowest BCUT2D eigenvalue weighted by Crippen LogP contribution is -2.55. The third-order valence-electron chi connectivity index (χ3n) is 4.34. The van der Waals surface area contributed by atoms with Crippen molar-refractivity contribution in [3.63, 3.8) is 0 Å². The van der Waals surface area contributed by atoms with Gasteiger partial charge in [-0.25, -0.2) is 0 Å². The summed E-state index contributed by atoms with van der Waals surface area (Å²) >= 11 is 1.50. The van der Waals surface area contributed by atoms with Crippen molar-refractivity contribution < 1.29 is 4.79 Å². The van der Waals surface area contributed by atoms with Crippen LogP contribution in [0.4, 0.5) is 0 Å². The van der Waals surface area contributed by atoms with Crippen molar-refractivity contribution in [3.05, 3.63) is 22.4 Å². The van der Waals surface area contributed by atoms with Gasteiger partial charge < -0.3 is 10.2 Å². The van der Waals surface area contributed by atoms with Gasteiger partial charge in [0.1, 0.15) is 0 Å². The van der Waals surface area contributed by atoms with Gasteiger partial charge in [0.2, 0.25) is 0 Å². The lowest BCUT2D eigenvalue weighted by Gasteiger charge is -2.45. The van der Waals surface area contributed by atoms with E-state index in [2.05, 4.69) is 31.2 Å². The van der Waals surface area contributed by atoms with Gasteiger partial charge in [-0.2, -0.15) is 0 Å². The van der Waals surface area contributed by atoms with Gasteiger partial charge in [0.15, 0.2) is 0 Å². The van der Waals surface area contributed by atoms with Crippen molar-refractivity contribution in [2.24, 2.45) is 5.92 Å². The number of thiophene rings is 1. The monoisotopic (exact) mass is 280 g/mol. The van der Waals surface area contributed by atoms with Gasteiger partial charge >= 0.3 is 0 Å². The average molecular weight is 280 g/mol. The predicted octanol–water partition coefficient (Wildman–Crippen LogP) is 2.99. The van der Waals surface area contributed by atoms with Gasteiger partial charge in [0.25, 0.3) is 5.91 Å². The van der Waals surface area contributed by atoms with Crippen LogP contribution >= 0.6 is 11.3 Å². The molecule has 1 N–H and O–H groups in total. The standard InChI is InChI=1S/C15H24N2OS/c1-12-6-4-8-15(10-12,17(2)3)11-16-14(18)13-7-5-9-19-13/h5,7,9,12H,4,6,8,10-11H2,1-3H3,(H,16,18). The fourth-order valence-corrected chi connectivity index (χ4v) is 3.74. The van der Waals surface area contributed by atoms with Crippen LogP contribution in [0.15, 0.2) is 17.5 Å². The number of amides is 1. The van der Waals surface area contributed by atoms with E-state index in [1.54, 1.807) is 0 Å². The number of carbonyl (C=O) groups excluding carboxylic acids is 1. The second-order valence-corrected chi connectivity index (χ2v) is 6.93. The molecule has 1 aromatic heterocycles. The molecule has 2 unspecified atom stereocenters. The zero-order chi connectivity index (χ0) is 13.9. The maximum Gasteiger partial charge on any atom is 0.261 e. The minimum atomic E-state index is 0.0643. The topological polar surface area (TPSA) is 32.3 Å². The molecule has 1 saturated carbocycles. The fourth-order valence-electron chi connectivity index (χ4n) is 3.10. The summed E-state index contributed by atoms with van der Waals surface area (Å²) in [5, 5.41) is 5.07. The van der Waals surface area contributed by atoms with Crippen LogP contribution in [-0.2, 0) is 0 Å². The van der Waals surface area contributed by atoms with Crippen LogP contribution < -0.4 is 5.32 Å². The zero-order valence-electron chi connectivity index (χ0n) is 12.1. The number of carbonyl (C=O) groups is 1.